The Morgan fingerprint density at radius 2 is 2.11 bits per heavy atom. The van der Waals surface area contributed by atoms with Crippen LogP contribution in [0, 0.1) is 6.92 Å². The molecule has 0 saturated carbocycles. The highest BCUT2D eigenvalue weighted by atomic mass is 16.5. The fraction of sp³-hybridized carbons (Fsp3) is 0.400. The zero-order valence-electron chi connectivity index (χ0n) is 11.5. The van der Waals surface area contributed by atoms with E-state index in [4.69, 9.17) is 9.72 Å². The van der Waals surface area contributed by atoms with E-state index in [1.165, 1.54) is 16.6 Å². The summed E-state index contributed by atoms with van der Waals surface area (Å²) in [6, 6.07) is 6.25. The quantitative estimate of drug-likeness (QED) is 0.896. The standard InChI is InChI=1S/C15H20N2O/c1-5-13-10(2)14(16-3)12-8-6-7-11(9-18-4)15(12)17-13/h6-8H,5,9H2,1-4H3,(H,16,17). The molecule has 0 bridgehead atoms. The van der Waals surface area contributed by atoms with Crippen LogP contribution in [0.4, 0.5) is 5.69 Å². The van der Waals surface area contributed by atoms with Crippen LogP contribution < -0.4 is 5.32 Å². The van der Waals surface area contributed by atoms with Crippen molar-refractivity contribution in [3.8, 4) is 0 Å². The smallest absolute Gasteiger partial charge is 0.0781 e. The molecular formula is C15H20N2O. The van der Waals surface area contributed by atoms with E-state index in [-0.39, 0.29) is 0 Å². The number of hydrogen-bond donors (Lipinski definition) is 1. The van der Waals surface area contributed by atoms with Gasteiger partial charge in [-0.3, -0.25) is 4.98 Å². The third-order valence-corrected chi connectivity index (χ3v) is 3.33. The molecule has 18 heavy (non-hydrogen) atoms. The molecule has 0 aliphatic rings. The monoisotopic (exact) mass is 244 g/mol. The van der Waals surface area contributed by atoms with Gasteiger partial charge in [-0.25, -0.2) is 0 Å². The number of nitrogens with one attached hydrogen (secondary N) is 1. The number of nitrogens with zero attached hydrogens (tertiary/aromatic N) is 1. The number of fused-ring (bicyclic) bond motifs is 1. The lowest BCUT2D eigenvalue weighted by atomic mass is 10.0. The lowest BCUT2D eigenvalue weighted by Crippen LogP contribution is -2.03. The fourth-order valence-corrected chi connectivity index (χ4v) is 2.43. The molecule has 3 nitrogen and oxygen atoms in total. The molecule has 2 aromatic rings. The van der Waals surface area contributed by atoms with Gasteiger partial charge in [0.05, 0.1) is 12.1 Å². The molecule has 2 rings (SSSR count). The van der Waals surface area contributed by atoms with Gasteiger partial charge >= 0.3 is 0 Å². The van der Waals surface area contributed by atoms with Gasteiger partial charge in [-0.05, 0) is 18.9 Å². The first-order chi connectivity index (χ1) is 8.72. The number of aryl methyl sites for hydroxylation is 1. The van der Waals surface area contributed by atoms with Crippen LogP contribution in [0.15, 0.2) is 18.2 Å². The van der Waals surface area contributed by atoms with Crippen molar-refractivity contribution in [2.24, 2.45) is 0 Å². The molecule has 0 atom stereocenters. The molecule has 1 N–H and O–H groups in total. The summed E-state index contributed by atoms with van der Waals surface area (Å²) < 4.78 is 5.25. The molecular weight excluding hydrogens is 224 g/mol. The second-order valence-electron chi connectivity index (χ2n) is 4.41. The van der Waals surface area contributed by atoms with E-state index in [0.29, 0.717) is 6.61 Å². The Kier molecular flexibility index (Phi) is 3.82. The van der Waals surface area contributed by atoms with Crippen molar-refractivity contribution >= 4 is 16.6 Å². The average Bonchev–Trinajstić information content (AvgIpc) is 2.39. The first kappa shape index (κ1) is 12.8. The van der Waals surface area contributed by atoms with E-state index in [1.54, 1.807) is 7.11 Å². The minimum absolute atomic E-state index is 0.597. The summed E-state index contributed by atoms with van der Waals surface area (Å²) in [6.45, 7) is 4.86. The summed E-state index contributed by atoms with van der Waals surface area (Å²) in [7, 11) is 3.68. The number of aromatic nitrogens is 1. The molecule has 0 aliphatic carbocycles. The number of methoxy groups -OCH3 is 1. The van der Waals surface area contributed by atoms with Gasteiger partial charge in [0, 0.05) is 36.5 Å². The summed E-state index contributed by atoms with van der Waals surface area (Å²) in [5.74, 6) is 0. The highest BCUT2D eigenvalue weighted by Gasteiger charge is 2.11. The Balaban J connectivity index is 2.78. The fourth-order valence-electron chi connectivity index (χ4n) is 2.43. The number of rotatable bonds is 4. The van der Waals surface area contributed by atoms with E-state index < -0.39 is 0 Å². The summed E-state index contributed by atoms with van der Waals surface area (Å²) in [4.78, 5) is 4.80. The highest BCUT2D eigenvalue weighted by molar-refractivity contribution is 5.95. The summed E-state index contributed by atoms with van der Waals surface area (Å²) in [6.07, 6.45) is 0.942. The van der Waals surface area contributed by atoms with Crippen molar-refractivity contribution in [1.29, 1.82) is 0 Å². The van der Waals surface area contributed by atoms with Crippen molar-refractivity contribution < 1.29 is 4.74 Å². The van der Waals surface area contributed by atoms with Crippen molar-refractivity contribution in [3.63, 3.8) is 0 Å². The Morgan fingerprint density at radius 1 is 1.33 bits per heavy atom. The minimum atomic E-state index is 0.597. The number of para-hydroxylation sites is 1. The maximum Gasteiger partial charge on any atom is 0.0781 e. The second kappa shape index (κ2) is 5.36. The predicted molar refractivity (Wildman–Crippen MR) is 76.1 cm³/mol. The Bertz CT molecular complexity index is 564. The van der Waals surface area contributed by atoms with Crippen LogP contribution >= 0.6 is 0 Å². The maximum atomic E-state index is 5.25. The van der Waals surface area contributed by atoms with Crippen molar-refractivity contribution in [3.05, 3.63) is 35.0 Å². The van der Waals surface area contributed by atoms with Crippen LogP contribution in [0.25, 0.3) is 10.9 Å². The van der Waals surface area contributed by atoms with Crippen molar-refractivity contribution in [1.82, 2.24) is 4.98 Å². The summed E-state index contributed by atoms with van der Waals surface area (Å²) in [5.41, 5.74) is 5.75. The second-order valence-corrected chi connectivity index (χ2v) is 4.41. The zero-order valence-corrected chi connectivity index (χ0v) is 11.5. The van der Waals surface area contributed by atoms with Crippen molar-refractivity contribution in [2.75, 3.05) is 19.5 Å². The Morgan fingerprint density at radius 3 is 2.72 bits per heavy atom. The van der Waals surface area contributed by atoms with E-state index in [0.717, 1.165) is 23.2 Å². The molecule has 1 heterocycles. The van der Waals surface area contributed by atoms with Crippen LogP contribution in [-0.4, -0.2) is 19.1 Å². The predicted octanol–water partition coefficient (Wildman–Crippen LogP) is 3.29. The Hall–Kier alpha value is -1.61. The van der Waals surface area contributed by atoms with Gasteiger partial charge in [0.25, 0.3) is 0 Å². The van der Waals surface area contributed by atoms with Gasteiger partial charge < -0.3 is 10.1 Å². The largest absolute Gasteiger partial charge is 0.387 e. The zero-order chi connectivity index (χ0) is 13.1. The van der Waals surface area contributed by atoms with E-state index in [1.807, 2.05) is 7.05 Å². The summed E-state index contributed by atoms with van der Waals surface area (Å²) in [5, 5.41) is 4.47. The summed E-state index contributed by atoms with van der Waals surface area (Å²) >= 11 is 0. The normalized spacial score (nSPS) is 10.9. The van der Waals surface area contributed by atoms with Crippen LogP contribution in [0.5, 0.6) is 0 Å². The van der Waals surface area contributed by atoms with Crippen molar-refractivity contribution in [2.45, 2.75) is 26.9 Å². The lowest BCUT2D eigenvalue weighted by molar-refractivity contribution is 0.186. The first-order valence-corrected chi connectivity index (χ1v) is 6.30. The number of ether oxygens (including phenoxy) is 1. The molecule has 0 amide bonds. The van der Waals surface area contributed by atoms with Crippen LogP contribution in [0.1, 0.15) is 23.7 Å². The van der Waals surface area contributed by atoms with Gasteiger partial charge in [-0.15, -0.1) is 0 Å². The van der Waals surface area contributed by atoms with E-state index in [9.17, 15) is 0 Å². The van der Waals surface area contributed by atoms with Crippen LogP contribution in [0.2, 0.25) is 0 Å². The third kappa shape index (κ3) is 2.06. The number of benzene rings is 1. The van der Waals surface area contributed by atoms with E-state index >= 15 is 0 Å². The molecule has 0 fully saturated rings. The topological polar surface area (TPSA) is 34.1 Å². The molecule has 0 saturated heterocycles. The molecule has 0 spiro atoms. The SMILES string of the molecule is CCc1nc2c(COC)cccc2c(NC)c1C. The molecule has 1 aromatic heterocycles. The average molecular weight is 244 g/mol. The molecule has 1 aromatic carbocycles. The number of anilines is 1. The van der Waals surface area contributed by atoms with E-state index in [2.05, 4.69) is 37.4 Å². The molecule has 3 heteroatoms. The first-order valence-electron chi connectivity index (χ1n) is 6.30. The highest BCUT2D eigenvalue weighted by Crippen LogP contribution is 2.30. The lowest BCUT2D eigenvalue weighted by Gasteiger charge is -2.15. The molecule has 0 radical (unpaired) electrons. The van der Waals surface area contributed by atoms with Gasteiger partial charge in [0.1, 0.15) is 0 Å². The van der Waals surface area contributed by atoms with Gasteiger partial charge in [-0.2, -0.15) is 0 Å². The third-order valence-electron chi connectivity index (χ3n) is 3.33. The molecule has 0 aliphatic heterocycles. The van der Waals surface area contributed by atoms with Crippen LogP contribution in [0.3, 0.4) is 0 Å². The minimum Gasteiger partial charge on any atom is -0.387 e. The maximum absolute atomic E-state index is 5.25. The number of pyridine rings is 1. The van der Waals surface area contributed by atoms with Gasteiger partial charge in [0.2, 0.25) is 0 Å². The Labute approximate surface area is 108 Å². The van der Waals surface area contributed by atoms with Crippen LogP contribution in [-0.2, 0) is 17.8 Å². The number of hydrogen-bond acceptors (Lipinski definition) is 3. The van der Waals surface area contributed by atoms with Gasteiger partial charge in [0.15, 0.2) is 0 Å². The molecule has 96 valence electrons. The molecule has 0 unspecified atom stereocenters. The van der Waals surface area contributed by atoms with Gasteiger partial charge in [-0.1, -0.05) is 25.1 Å².